The Morgan fingerprint density at radius 3 is 2.35 bits per heavy atom. The van der Waals surface area contributed by atoms with Crippen LogP contribution in [0, 0.1) is 12.8 Å². The molecule has 2 heteroatoms. The van der Waals surface area contributed by atoms with E-state index in [2.05, 4.69) is 36.1 Å². The number of benzene rings is 1. The Hall–Kier alpha value is -0.860. The van der Waals surface area contributed by atoms with E-state index in [-0.39, 0.29) is 6.10 Å². The normalized spacial score (nSPS) is 20.4. The van der Waals surface area contributed by atoms with Crippen LogP contribution in [0.15, 0.2) is 24.3 Å². The zero-order valence-electron chi connectivity index (χ0n) is 10.9. The molecule has 0 aliphatic carbocycles. The lowest BCUT2D eigenvalue weighted by Gasteiger charge is -2.33. The van der Waals surface area contributed by atoms with E-state index in [4.69, 9.17) is 0 Å². The maximum Gasteiger partial charge on any atom is 0.0541 e. The van der Waals surface area contributed by atoms with Gasteiger partial charge in [0.05, 0.1) is 6.10 Å². The first-order valence-electron chi connectivity index (χ1n) is 6.61. The highest BCUT2D eigenvalue weighted by Crippen LogP contribution is 2.21. The first kappa shape index (κ1) is 12.6. The average molecular weight is 233 g/mol. The molecule has 1 fully saturated rings. The SMILES string of the molecule is Cc1ccc(CN2CCC(C(C)O)CC2)cc1. The smallest absolute Gasteiger partial charge is 0.0541 e. The molecule has 0 aromatic heterocycles. The van der Waals surface area contributed by atoms with Crippen LogP contribution in [-0.4, -0.2) is 29.2 Å². The zero-order valence-corrected chi connectivity index (χ0v) is 10.9. The van der Waals surface area contributed by atoms with E-state index in [1.165, 1.54) is 11.1 Å². The Morgan fingerprint density at radius 2 is 1.82 bits per heavy atom. The predicted octanol–water partition coefficient (Wildman–Crippen LogP) is 2.59. The van der Waals surface area contributed by atoms with E-state index in [0.717, 1.165) is 32.5 Å². The molecule has 1 aliphatic heterocycles. The Kier molecular flexibility index (Phi) is 4.19. The van der Waals surface area contributed by atoms with Gasteiger partial charge >= 0.3 is 0 Å². The first-order valence-corrected chi connectivity index (χ1v) is 6.61. The summed E-state index contributed by atoms with van der Waals surface area (Å²) in [6.45, 7) is 7.32. The van der Waals surface area contributed by atoms with Gasteiger partial charge in [0.15, 0.2) is 0 Å². The lowest BCUT2D eigenvalue weighted by Crippen LogP contribution is -2.36. The minimum absolute atomic E-state index is 0.142. The Labute approximate surface area is 104 Å². The van der Waals surface area contributed by atoms with Crippen molar-refractivity contribution in [3.63, 3.8) is 0 Å². The van der Waals surface area contributed by atoms with Crippen molar-refractivity contribution in [3.05, 3.63) is 35.4 Å². The highest BCUT2D eigenvalue weighted by molar-refractivity contribution is 5.21. The molecule has 1 aromatic carbocycles. The van der Waals surface area contributed by atoms with Crippen LogP contribution < -0.4 is 0 Å². The number of piperidine rings is 1. The van der Waals surface area contributed by atoms with E-state index in [1.54, 1.807) is 0 Å². The first-order chi connectivity index (χ1) is 8.15. The van der Waals surface area contributed by atoms with Crippen LogP contribution >= 0.6 is 0 Å². The van der Waals surface area contributed by atoms with Crippen LogP contribution in [0.5, 0.6) is 0 Å². The number of nitrogens with zero attached hydrogens (tertiary/aromatic N) is 1. The van der Waals surface area contributed by atoms with E-state index < -0.39 is 0 Å². The molecule has 1 heterocycles. The number of aliphatic hydroxyl groups is 1. The summed E-state index contributed by atoms with van der Waals surface area (Å²) >= 11 is 0. The van der Waals surface area contributed by atoms with E-state index >= 15 is 0 Å². The Balaban J connectivity index is 1.84. The number of likely N-dealkylation sites (tertiary alicyclic amines) is 1. The topological polar surface area (TPSA) is 23.5 Å². The standard InChI is InChI=1S/C15H23NO/c1-12-3-5-14(6-4-12)11-16-9-7-15(8-10-16)13(2)17/h3-6,13,15,17H,7-11H2,1-2H3. The summed E-state index contributed by atoms with van der Waals surface area (Å²) in [6, 6.07) is 8.79. The molecule has 1 atom stereocenters. The molecular formula is C15H23NO. The van der Waals surface area contributed by atoms with Crippen molar-refractivity contribution in [1.29, 1.82) is 0 Å². The minimum atomic E-state index is -0.142. The van der Waals surface area contributed by atoms with Gasteiger partial charge in [0.2, 0.25) is 0 Å². The van der Waals surface area contributed by atoms with Crippen LogP contribution in [0.3, 0.4) is 0 Å². The summed E-state index contributed by atoms with van der Waals surface area (Å²) in [5, 5.41) is 9.57. The van der Waals surface area contributed by atoms with Crippen LogP contribution in [0.1, 0.15) is 30.9 Å². The molecule has 0 amide bonds. The molecule has 1 aromatic rings. The largest absolute Gasteiger partial charge is 0.393 e. The second kappa shape index (κ2) is 5.65. The Morgan fingerprint density at radius 1 is 1.24 bits per heavy atom. The van der Waals surface area contributed by atoms with Gasteiger partial charge in [0.1, 0.15) is 0 Å². The van der Waals surface area contributed by atoms with Crippen molar-refractivity contribution in [3.8, 4) is 0 Å². The van der Waals surface area contributed by atoms with Crippen LogP contribution in [0.4, 0.5) is 0 Å². The quantitative estimate of drug-likeness (QED) is 0.867. The van der Waals surface area contributed by atoms with E-state index in [9.17, 15) is 5.11 Å². The van der Waals surface area contributed by atoms with E-state index in [1.807, 2.05) is 6.92 Å². The molecule has 1 unspecified atom stereocenters. The van der Waals surface area contributed by atoms with Gasteiger partial charge in [-0.05, 0) is 51.3 Å². The van der Waals surface area contributed by atoms with Crippen molar-refractivity contribution in [2.45, 2.75) is 39.3 Å². The van der Waals surface area contributed by atoms with Crippen molar-refractivity contribution >= 4 is 0 Å². The van der Waals surface area contributed by atoms with Crippen molar-refractivity contribution in [2.75, 3.05) is 13.1 Å². The third kappa shape index (κ3) is 3.55. The molecular weight excluding hydrogens is 210 g/mol. The van der Waals surface area contributed by atoms with E-state index in [0.29, 0.717) is 5.92 Å². The van der Waals surface area contributed by atoms with Crippen LogP contribution in [0.25, 0.3) is 0 Å². The van der Waals surface area contributed by atoms with Crippen LogP contribution in [-0.2, 0) is 6.54 Å². The van der Waals surface area contributed by atoms with Gasteiger partial charge in [-0.2, -0.15) is 0 Å². The number of aryl methyl sites for hydroxylation is 1. The number of aliphatic hydroxyl groups excluding tert-OH is 1. The molecule has 0 radical (unpaired) electrons. The number of hydrogen-bond donors (Lipinski definition) is 1. The summed E-state index contributed by atoms with van der Waals surface area (Å²) in [6.07, 6.45) is 2.11. The zero-order chi connectivity index (χ0) is 12.3. The fourth-order valence-electron chi connectivity index (χ4n) is 2.55. The maximum atomic E-state index is 9.57. The van der Waals surface area contributed by atoms with Gasteiger partial charge in [-0.1, -0.05) is 29.8 Å². The molecule has 0 saturated carbocycles. The minimum Gasteiger partial charge on any atom is -0.393 e. The second-order valence-electron chi connectivity index (χ2n) is 5.34. The monoisotopic (exact) mass is 233 g/mol. The summed E-state index contributed by atoms with van der Waals surface area (Å²) in [5.41, 5.74) is 2.72. The van der Waals surface area contributed by atoms with Crippen molar-refractivity contribution in [2.24, 2.45) is 5.92 Å². The van der Waals surface area contributed by atoms with Gasteiger partial charge in [0.25, 0.3) is 0 Å². The lowest BCUT2D eigenvalue weighted by molar-refractivity contribution is 0.0695. The van der Waals surface area contributed by atoms with Gasteiger partial charge in [-0.3, -0.25) is 4.90 Å². The fourth-order valence-corrected chi connectivity index (χ4v) is 2.55. The third-order valence-electron chi connectivity index (χ3n) is 3.84. The van der Waals surface area contributed by atoms with Gasteiger partial charge in [-0.15, -0.1) is 0 Å². The number of hydrogen-bond acceptors (Lipinski definition) is 2. The molecule has 1 N–H and O–H groups in total. The highest BCUT2D eigenvalue weighted by Gasteiger charge is 2.22. The predicted molar refractivity (Wildman–Crippen MR) is 70.9 cm³/mol. The van der Waals surface area contributed by atoms with Gasteiger partial charge in [-0.25, -0.2) is 0 Å². The van der Waals surface area contributed by atoms with Crippen LogP contribution in [0.2, 0.25) is 0 Å². The maximum absolute atomic E-state index is 9.57. The molecule has 2 rings (SSSR count). The Bertz CT molecular complexity index is 336. The summed E-state index contributed by atoms with van der Waals surface area (Å²) < 4.78 is 0. The molecule has 1 saturated heterocycles. The molecule has 94 valence electrons. The molecule has 17 heavy (non-hydrogen) atoms. The summed E-state index contributed by atoms with van der Waals surface area (Å²) in [4.78, 5) is 2.49. The van der Waals surface area contributed by atoms with Crippen molar-refractivity contribution in [1.82, 2.24) is 4.90 Å². The fraction of sp³-hybridized carbons (Fsp3) is 0.600. The molecule has 0 bridgehead atoms. The van der Waals surface area contributed by atoms with Crippen molar-refractivity contribution < 1.29 is 5.11 Å². The highest BCUT2D eigenvalue weighted by atomic mass is 16.3. The van der Waals surface area contributed by atoms with Gasteiger partial charge < -0.3 is 5.11 Å². The average Bonchev–Trinajstić information content (AvgIpc) is 2.33. The number of rotatable bonds is 3. The van der Waals surface area contributed by atoms with Gasteiger partial charge in [0, 0.05) is 6.54 Å². The molecule has 0 spiro atoms. The second-order valence-corrected chi connectivity index (χ2v) is 5.34. The third-order valence-corrected chi connectivity index (χ3v) is 3.84. The lowest BCUT2D eigenvalue weighted by atomic mass is 9.92. The summed E-state index contributed by atoms with van der Waals surface area (Å²) in [7, 11) is 0. The molecule has 1 aliphatic rings. The molecule has 2 nitrogen and oxygen atoms in total. The summed E-state index contributed by atoms with van der Waals surface area (Å²) in [5.74, 6) is 0.504.